The van der Waals surface area contributed by atoms with Crippen molar-refractivity contribution in [3.63, 3.8) is 0 Å². The average molecular weight is 299 g/mol. The number of hydrogen-bond acceptors (Lipinski definition) is 2. The maximum Gasteiger partial charge on any atom is 0.129 e. The molecule has 0 saturated carbocycles. The summed E-state index contributed by atoms with van der Waals surface area (Å²) in [6.45, 7) is 7.03. The van der Waals surface area contributed by atoms with Gasteiger partial charge in [0.15, 0.2) is 0 Å². The monoisotopic (exact) mass is 299 g/mol. The number of hydrogen-bond donors (Lipinski definition) is 1. The first-order chi connectivity index (χ1) is 9.14. The number of halogens is 1. The largest absolute Gasteiger partial charge is 0.303 e. The van der Waals surface area contributed by atoms with Crippen molar-refractivity contribution in [2.75, 3.05) is 0 Å². The van der Waals surface area contributed by atoms with E-state index in [0.717, 1.165) is 6.29 Å². The van der Waals surface area contributed by atoms with Crippen LogP contribution >= 0.6 is 0 Å². The van der Waals surface area contributed by atoms with Crippen molar-refractivity contribution in [2.24, 2.45) is 5.14 Å². The highest BCUT2D eigenvalue weighted by molar-refractivity contribution is 7.84. The maximum atomic E-state index is 14.4. The summed E-state index contributed by atoms with van der Waals surface area (Å²) in [4.78, 5) is 11.0. The summed E-state index contributed by atoms with van der Waals surface area (Å²) in [7, 11) is -1.55. The average Bonchev–Trinajstić information content (AvgIpc) is 2.31. The van der Waals surface area contributed by atoms with Gasteiger partial charge in [0.2, 0.25) is 0 Å². The number of carbonyl (C=O) groups is 1. The van der Waals surface area contributed by atoms with E-state index >= 15 is 0 Å². The van der Waals surface area contributed by atoms with Crippen molar-refractivity contribution in [1.29, 1.82) is 0 Å². The van der Waals surface area contributed by atoms with E-state index < -0.39 is 21.1 Å². The molecule has 0 heterocycles. The van der Waals surface area contributed by atoms with E-state index in [2.05, 4.69) is 0 Å². The lowest BCUT2D eigenvalue weighted by Gasteiger charge is -2.36. The normalized spacial score (nSPS) is 16.5. The molecule has 2 N–H and O–H groups in total. The molecule has 0 saturated heterocycles. The lowest BCUT2D eigenvalue weighted by atomic mass is 9.73. The Morgan fingerprint density at radius 3 is 2.45 bits per heavy atom. The number of aldehydes is 1. The Bertz CT molecular complexity index is 531. The Hall–Kier alpha value is -1.07. The molecule has 0 aliphatic rings. The number of carbonyl (C=O) groups excluding carboxylic acids is 1. The predicted molar refractivity (Wildman–Crippen MR) is 80.2 cm³/mol. The zero-order chi connectivity index (χ0) is 15.6. The number of benzene rings is 1. The Morgan fingerprint density at radius 1 is 1.35 bits per heavy atom. The lowest BCUT2D eigenvalue weighted by Crippen LogP contribution is -2.40. The highest BCUT2D eigenvalue weighted by Gasteiger charge is 2.38. The van der Waals surface area contributed by atoms with Gasteiger partial charge in [-0.3, -0.25) is 5.14 Å². The van der Waals surface area contributed by atoms with Crippen LogP contribution in [0.5, 0.6) is 0 Å². The molecule has 0 bridgehead atoms. The topological polar surface area (TPSA) is 60.2 Å². The standard InChI is InChI=1S/C15H22FNO2S/c1-11-6-5-7-12(13(11)16)15(4,8-9-18)10-14(2,3)20(17)19/h5-7,9H,8,10,17H2,1-4H3/t15-,20?/m0/s1. The van der Waals surface area contributed by atoms with Gasteiger partial charge in [-0.05, 0) is 38.3 Å². The molecular weight excluding hydrogens is 277 g/mol. The van der Waals surface area contributed by atoms with Gasteiger partial charge in [-0.1, -0.05) is 25.1 Å². The first kappa shape index (κ1) is 17.0. The van der Waals surface area contributed by atoms with E-state index in [1.807, 2.05) is 6.92 Å². The van der Waals surface area contributed by atoms with Gasteiger partial charge in [0.25, 0.3) is 0 Å². The van der Waals surface area contributed by atoms with Crippen molar-refractivity contribution in [3.8, 4) is 0 Å². The summed E-state index contributed by atoms with van der Waals surface area (Å²) >= 11 is 0. The first-order valence-electron chi connectivity index (χ1n) is 6.49. The summed E-state index contributed by atoms with van der Waals surface area (Å²) in [5.41, 5.74) is 0.283. The third-order valence-corrected chi connectivity index (χ3v) is 4.97. The molecule has 5 heteroatoms. The van der Waals surface area contributed by atoms with Crippen LogP contribution in [0.1, 0.15) is 44.7 Å². The van der Waals surface area contributed by atoms with Gasteiger partial charge in [-0.25, -0.2) is 8.60 Å². The second-order valence-corrected chi connectivity index (χ2v) is 7.80. The molecule has 0 radical (unpaired) electrons. The van der Waals surface area contributed by atoms with Crippen molar-refractivity contribution in [3.05, 3.63) is 35.1 Å². The molecule has 2 atom stereocenters. The fourth-order valence-electron chi connectivity index (χ4n) is 2.59. The minimum Gasteiger partial charge on any atom is -0.303 e. The van der Waals surface area contributed by atoms with E-state index in [1.165, 1.54) is 0 Å². The minimum atomic E-state index is -1.55. The number of rotatable bonds is 6. The first-order valence-corrected chi connectivity index (χ1v) is 7.71. The highest BCUT2D eigenvalue weighted by atomic mass is 32.2. The van der Waals surface area contributed by atoms with Crippen LogP contribution in [0, 0.1) is 12.7 Å². The SMILES string of the molecule is Cc1cccc([C@@](C)(CC=O)CC(C)(C)S(N)=O)c1F. The fraction of sp³-hybridized carbons (Fsp3) is 0.533. The van der Waals surface area contributed by atoms with Crippen LogP contribution in [-0.4, -0.2) is 15.2 Å². The molecule has 1 aromatic carbocycles. The number of aryl methyl sites for hydroxylation is 1. The molecule has 0 amide bonds. The molecule has 0 spiro atoms. The Labute approximate surface area is 122 Å². The van der Waals surface area contributed by atoms with Crippen LogP contribution in [0.3, 0.4) is 0 Å². The zero-order valence-corrected chi connectivity index (χ0v) is 13.2. The van der Waals surface area contributed by atoms with Crippen LogP contribution in [0.2, 0.25) is 0 Å². The van der Waals surface area contributed by atoms with Gasteiger partial charge in [-0.15, -0.1) is 0 Å². The van der Waals surface area contributed by atoms with Crippen LogP contribution in [0.15, 0.2) is 18.2 Å². The predicted octanol–water partition coefficient (Wildman–Crippen LogP) is 2.77. The molecule has 0 fully saturated rings. The Balaban J connectivity index is 3.31. The van der Waals surface area contributed by atoms with Crippen LogP contribution in [-0.2, 0) is 21.2 Å². The summed E-state index contributed by atoms with van der Waals surface area (Å²) in [5, 5.41) is 5.51. The quantitative estimate of drug-likeness (QED) is 0.821. The molecule has 3 nitrogen and oxygen atoms in total. The maximum absolute atomic E-state index is 14.4. The van der Waals surface area contributed by atoms with Gasteiger partial charge in [0, 0.05) is 11.8 Å². The van der Waals surface area contributed by atoms with E-state index in [4.69, 9.17) is 5.14 Å². The summed E-state index contributed by atoms with van der Waals surface area (Å²) < 4.78 is 25.3. The smallest absolute Gasteiger partial charge is 0.129 e. The summed E-state index contributed by atoms with van der Waals surface area (Å²) in [5.74, 6) is -0.310. The van der Waals surface area contributed by atoms with Gasteiger partial charge in [0.05, 0.1) is 15.7 Å². The van der Waals surface area contributed by atoms with E-state index in [-0.39, 0.29) is 12.2 Å². The molecular formula is C15H22FNO2S. The molecule has 1 unspecified atom stereocenters. The summed E-state index contributed by atoms with van der Waals surface area (Å²) in [6, 6.07) is 5.14. The van der Waals surface area contributed by atoms with Gasteiger partial charge >= 0.3 is 0 Å². The van der Waals surface area contributed by atoms with E-state index in [1.54, 1.807) is 39.0 Å². The molecule has 0 aliphatic heterocycles. The molecule has 0 aliphatic carbocycles. The molecule has 0 aromatic heterocycles. The highest BCUT2D eigenvalue weighted by Crippen LogP contribution is 2.38. The van der Waals surface area contributed by atoms with Crippen molar-refractivity contribution in [1.82, 2.24) is 0 Å². The zero-order valence-electron chi connectivity index (χ0n) is 12.4. The second-order valence-electron chi connectivity index (χ2n) is 6.10. The Kier molecular flexibility index (Phi) is 5.21. The Morgan fingerprint density at radius 2 is 1.95 bits per heavy atom. The molecule has 20 heavy (non-hydrogen) atoms. The summed E-state index contributed by atoms with van der Waals surface area (Å²) in [6.07, 6.45) is 1.30. The van der Waals surface area contributed by atoms with Crippen molar-refractivity contribution in [2.45, 2.75) is 50.7 Å². The molecule has 1 aromatic rings. The fourth-order valence-corrected chi connectivity index (χ4v) is 3.05. The van der Waals surface area contributed by atoms with Gasteiger partial charge < -0.3 is 4.79 Å². The third kappa shape index (κ3) is 3.52. The molecule has 1 rings (SSSR count). The third-order valence-electron chi connectivity index (χ3n) is 3.74. The second kappa shape index (κ2) is 6.14. The number of nitrogens with two attached hydrogens (primary N) is 1. The van der Waals surface area contributed by atoms with E-state index in [9.17, 15) is 13.4 Å². The van der Waals surface area contributed by atoms with Crippen LogP contribution in [0.4, 0.5) is 4.39 Å². The van der Waals surface area contributed by atoms with Crippen molar-refractivity contribution < 1.29 is 13.4 Å². The van der Waals surface area contributed by atoms with Gasteiger partial charge in [-0.2, -0.15) is 0 Å². The van der Waals surface area contributed by atoms with E-state index in [0.29, 0.717) is 17.5 Å². The van der Waals surface area contributed by atoms with Crippen LogP contribution < -0.4 is 5.14 Å². The van der Waals surface area contributed by atoms with Crippen LogP contribution in [0.25, 0.3) is 0 Å². The minimum absolute atomic E-state index is 0.161. The van der Waals surface area contributed by atoms with Gasteiger partial charge in [0.1, 0.15) is 12.1 Å². The molecule has 112 valence electrons. The lowest BCUT2D eigenvalue weighted by molar-refractivity contribution is -0.108. The van der Waals surface area contributed by atoms with Crippen molar-refractivity contribution >= 4 is 17.3 Å².